The topological polar surface area (TPSA) is 271 Å². The highest BCUT2D eigenvalue weighted by Crippen LogP contribution is 2.33. The van der Waals surface area contributed by atoms with Crippen LogP contribution in [0.3, 0.4) is 0 Å². The summed E-state index contributed by atoms with van der Waals surface area (Å²) in [6.45, 7) is 3.44. The molecule has 1 aliphatic heterocycles. The minimum Gasteiger partial charge on any atom is -0.724 e. The summed E-state index contributed by atoms with van der Waals surface area (Å²) in [5, 5.41) is 17.4. The minimum atomic E-state index is -5.27. The Morgan fingerprint density at radius 1 is 1.36 bits per heavy atom. The summed E-state index contributed by atoms with van der Waals surface area (Å²) in [6, 6.07) is 1.88. The Morgan fingerprint density at radius 3 is 2.69 bits per heavy atom. The van der Waals surface area contributed by atoms with Crippen molar-refractivity contribution in [2.24, 2.45) is 10.9 Å². The van der Waals surface area contributed by atoms with Crippen LogP contribution >= 0.6 is 11.3 Å². The molecular formula is C24H29N9O10S2. The maximum Gasteiger partial charge on any atom is 0.351 e. The molecule has 1 saturated heterocycles. The molecule has 2 atom stereocenters. The fourth-order valence-corrected chi connectivity index (χ4v) is 4.99. The molecule has 3 aromatic heterocycles. The van der Waals surface area contributed by atoms with Gasteiger partial charge in [0.1, 0.15) is 36.5 Å². The smallest absolute Gasteiger partial charge is 0.351 e. The molecule has 242 valence electrons. The molecule has 4 heterocycles. The Kier molecular flexibility index (Phi) is 9.97. The van der Waals surface area contributed by atoms with Crippen LogP contribution in [0.2, 0.25) is 0 Å². The van der Waals surface area contributed by atoms with E-state index in [1.165, 1.54) is 25.4 Å². The van der Waals surface area contributed by atoms with E-state index in [4.69, 9.17) is 21.0 Å². The van der Waals surface area contributed by atoms with Gasteiger partial charge in [0.15, 0.2) is 10.8 Å². The van der Waals surface area contributed by atoms with Gasteiger partial charge < -0.3 is 36.0 Å². The predicted octanol–water partition coefficient (Wildman–Crippen LogP) is -1.70. The average molecular weight is 668 g/mol. The highest BCUT2D eigenvalue weighted by Gasteiger charge is 2.57. The van der Waals surface area contributed by atoms with Crippen LogP contribution in [0.4, 0.5) is 5.13 Å². The molecule has 1 fully saturated rings. The van der Waals surface area contributed by atoms with Crippen molar-refractivity contribution in [3.05, 3.63) is 48.1 Å². The number of ether oxygens (including phenoxy) is 1. The number of hydroxylamine groups is 2. The molecule has 0 saturated carbocycles. The number of imidazole rings is 1. The Labute approximate surface area is 259 Å². The highest BCUT2D eigenvalue weighted by molar-refractivity contribution is 7.80. The summed E-state index contributed by atoms with van der Waals surface area (Å²) in [7, 11) is -5.27. The van der Waals surface area contributed by atoms with E-state index in [1.54, 1.807) is 16.7 Å². The number of oxime groups is 1. The zero-order valence-corrected chi connectivity index (χ0v) is 25.4. The van der Waals surface area contributed by atoms with Crippen molar-refractivity contribution >= 4 is 50.4 Å². The van der Waals surface area contributed by atoms with Crippen molar-refractivity contribution in [2.45, 2.75) is 44.5 Å². The van der Waals surface area contributed by atoms with Crippen LogP contribution in [0.15, 0.2) is 47.6 Å². The molecular weight excluding hydrogens is 638 g/mol. The highest BCUT2D eigenvalue weighted by atomic mass is 32.3. The van der Waals surface area contributed by atoms with Gasteiger partial charge in [0, 0.05) is 11.4 Å². The van der Waals surface area contributed by atoms with Crippen LogP contribution in [-0.4, -0.2) is 92.0 Å². The quantitative estimate of drug-likeness (QED) is 0.0351. The number of aliphatic carboxylic acids is 1. The maximum absolute atomic E-state index is 13.2. The molecule has 0 radical (unpaired) electrons. The van der Waals surface area contributed by atoms with E-state index in [1.807, 2.05) is 23.3 Å². The normalized spacial score (nSPS) is 17.0. The first-order valence-corrected chi connectivity index (χ1v) is 15.3. The van der Waals surface area contributed by atoms with Crippen LogP contribution in [0.5, 0.6) is 5.75 Å². The molecule has 1 aliphatic rings. The summed E-state index contributed by atoms with van der Waals surface area (Å²) in [5.74, 6) is -2.75. The zero-order chi connectivity index (χ0) is 32.9. The van der Waals surface area contributed by atoms with Crippen molar-refractivity contribution < 1.29 is 50.9 Å². The van der Waals surface area contributed by atoms with Crippen molar-refractivity contribution in [1.29, 1.82) is 0 Å². The van der Waals surface area contributed by atoms with Crippen molar-refractivity contribution in [3.8, 4) is 11.6 Å². The van der Waals surface area contributed by atoms with Crippen LogP contribution in [0.1, 0.15) is 26.0 Å². The number of hydrogen-bond acceptors (Lipinski definition) is 15. The van der Waals surface area contributed by atoms with E-state index in [0.717, 1.165) is 24.3 Å². The molecule has 4 rings (SSSR count). The molecule has 2 amide bonds. The number of carbonyl (C=O) groups is 3. The largest absolute Gasteiger partial charge is 0.724 e. The lowest BCUT2D eigenvalue weighted by atomic mass is 9.84. The molecule has 0 aromatic carbocycles. The second kappa shape index (κ2) is 13.5. The number of carbonyl (C=O) groups excluding carboxylic acids is 2. The molecule has 21 heteroatoms. The van der Waals surface area contributed by atoms with Gasteiger partial charge in [0.25, 0.3) is 17.9 Å². The molecule has 45 heavy (non-hydrogen) atoms. The van der Waals surface area contributed by atoms with E-state index in [9.17, 15) is 32.5 Å². The van der Waals surface area contributed by atoms with Crippen LogP contribution < -0.4 is 26.1 Å². The number of hydrogen-bond donors (Lipinski definition) is 4. The van der Waals surface area contributed by atoms with Crippen molar-refractivity contribution in [2.75, 3.05) is 18.9 Å². The molecule has 0 unspecified atom stereocenters. The molecule has 0 spiro atoms. The first-order chi connectivity index (χ1) is 21.2. The third kappa shape index (κ3) is 8.07. The lowest BCUT2D eigenvalue weighted by molar-refractivity contribution is -0.696. The first kappa shape index (κ1) is 33.2. The number of nitrogen functional groups attached to an aromatic ring is 1. The van der Waals surface area contributed by atoms with Gasteiger partial charge in [-0.1, -0.05) is 5.16 Å². The van der Waals surface area contributed by atoms with Crippen LogP contribution in [0, 0.1) is 0 Å². The Bertz CT molecular complexity index is 1690. The summed E-state index contributed by atoms with van der Waals surface area (Å²) >= 11 is 0.946. The van der Waals surface area contributed by atoms with Gasteiger partial charge in [-0.05, 0) is 32.9 Å². The van der Waals surface area contributed by atoms with Crippen molar-refractivity contribution in [3.63, 3.8) is 0 Å². The number of rotatable bonds is 15. The fraction of sp³-hybridized carbons (Fsp3) is 0.375. The van der Waals surface area contributed by atoms with Gasteiger partial charge in [-0.3, -0.25) is 9.59 Å². The Hall–Kier alpha value is -4.70. The number of carboxylic acid groups (broad SMARTS) is 1. The maximum atomic E-state index is 13.2. The minimum absolute atomic E-state index is 0.0464. The third-order valence-corrected chi connectivity index (χ3v) is 7.35. The molecule has 3 aromatic rings. The number of β-lactam (4-membered cyclic amide) rings is 1. The van der Waals surface area contributed by atoms with E-state index in [-0.39, 0.29) is 16.6 Å². The lowest BCUT2D eigenvalue weighted by Crippen LogP contribution is -2.76. The Morgan fingerprint density at radius 2 is 2.11 bits per heavy atom. The summed E-state index contributed by atoms with van der Waals surface area (Å²) in [4.78, 5) is 50.9. The van der Waals surface area contributed by atoms with Crippen LogP contribution in [0.25, 0.3) is 5.82 Å². The molecule has 0 aliphatic carbocycles. The number of thiazole rings is 1. The number of nitrogens with zero attached hydrogens (tertiary/aromatic N) is 6. The first-order valence-electron chi connectivity index (χ1n) is 13.0. The van der Waals surface area contributed by atoms with Gasteiger partial charge in [0.05, 0.1) is 18.3 Å². The standard InChI is InChI=1S/C24H29N9O10S2/c1-24(2)19(21(35)33(24)43-45(38,39)40)29-20(34)18(15-12-44-23(26)28-15)30-42-16(22(36)37)11-41-14-4-5-17(27-10-14)32-9-8-31(13-32)7-3-6-25/h4-5,8-10,12-13,16,19H,3,6-7,11,25H2,1-2H3,(H4-,26,28,29,34,36,37,38,39,40)/b30-18-/t16-,19+/m0/s1. The van der Waals surface area contributed by atoms with Gasteiger partial charge in [0.2, 0.25) is 22.5 Å². The molecule has 6 N–H and O–H groups in total. The van der Waals surface area contributed by atoms with Gasteiger partial charge in [-0.15, -0.1) is 11.3 Å². The Balaban J connectivity index is 1.44. The van der Waals surface area contributed by atoms with Crippen molar-refractivity contribution in [1.82, 2.24) is 24.9 Å². The summed E-state index contributed by atoms with van der Waals surface area (Å²) in [6.07, 6.45) is 6.04. The average Bonchev–Trinajstić information content (AvgIpc) is 3.64. The van der Waals surface area contributed by atoms with Crippen LogP contribution in [-0.2, 0) is 40.4 Å². The van der Waals surface area contributed by atoms with E-state index < -0.39 is 58.2 Å². The fourth-order valence-electron chi connectivity index (χ4n) is 4.00. The van der Waals surface area contributed by atoms with Gasteiger partial charge in [-0.2, -0.15) is 13.9 Å². The second-order valence-corrected chi connectivity index (χ2v) is 11.8. The molecule has 0 bridgehead atoms. The zero-order valence-electron chi connectivity index (χ0n) is 23.8. The van der Waals surface area contributed by atoms with Gasteiger partial charge >= 0.3 is 5.97 Å². The predicted molar refractivity (Wildman–Crippen MR) is 152 cm³/mol. The second-order valence-electron chi connectivity index (χ2n) is 9.98. The third-order valence-electron chi connectivity index (χ3n) is 6.34. The number of carboxylic acids is 1. The van der Waals surface area contributed by atoms with Gasteiger partial charge in [-0.25, -0.2) is 27.7 Å². The number of nitrogens with two attached hydrogens (primary N) is 2. The lowest BCUT2D eigenvalue weighted by Gasteiger charge is -2.51. The summed E-state index contributed by atoms with van der Waals surface area (Å²) in [5.41, 5.74) is 9.10. The number of nitrogens with one attached hydrogen (secondary N) is 1. The van der Waals surface area contributed by atoms with E-state index >= 15 is 0 Å². The number of aromatic nitrogens is 4. The molecule has 19 nitrogen and oxygen atoms in total. The number of anilines is 1. The van der Waals surface area contributed by atoms with E-state index in [2.05, 4.69) is 24.7 Å². The SMILES string of the molecule is CC1(C)[C@H](NC(=O)/C(=N\O[C@@H](COc2ccc(-n3cc[n+](CCCN)c3)nc2)C(=O)O)c2csc(N)n2)C(=O)N1OS(=O)(=O)[O-]. The number of aryl methyl sites for hydroxylation is 1. The monoisotopic (exact) mass is 667 g/mol. The van der Waals surface area contributed by atoms with E-state index in [0.29, 0.717) is 17.4 Å². The number of pyridine rings is 1. The summed E-state index contributed by atoms with van der Waals surface area (Å²) < 4.78 is 46.3. The number of amides is 2.